The highest BCUT2D eigenvalue weighted by molar-refractivity contribution is 5.86. The molecule has 2 aromatic carbocycles. The van der Waals surface area contributed by atoms with Crippen LogP contribution in [-0.2, 0) is 12.8 Å². The molecule has 0 aromatic heterocycles. The minimum absolute atomic E-state index is 0.462. The molecular weight excluding hydrogens is 246 g/mol. The van der Waals surface area contributed by atoms with Crippen LogP contribution in [0, 0.1) is 0 Å². The van der Waals surface area contributed by atoms with Crippen LogP contribution >= 0.6 is 0 Å². The standard InChI is InChI=1S/C17H19N3/c1-20-6-5-11-7-12(18)9-13-16-10(3-2-4-14(16)19)8-15(20)17(11)13/h2-4,7,9,15H,5-6,8,18-19H2,1H3/t15-/m1/s1. The number of fused-ring (bicyclic) bond motifs is 2. The number of rotatable bonds is 0. The van der Waals surface area contributed by atoms with E-state index in [4.69, 9.17) is 11.5 Å². The average Bonchev–Trinajstić information content (AvgIpc) is 2.42. The number of likely N-dealkylation sites (N-methyl/N-ethyl adjacent to an activating group) is 1. The zero-order valence-electron chi connectivity index (χ0n) is 11.7. The molecule has 20 heavy (non-hydrogen) atoms. The van der Waals surface area contributed by atoms with Crippen molar-refractivity contribution in [3.63, 3.8) is 0 Å². The summed E-state index contributed by atoms with van der Waals surface area (Å²) in [6.07, 6.45) is 2.11. The quantitative estimate of drug-likeness (QED) is 0.720. The summed E-state index contributed by atoms with van der Waals surface area (Å²) in [4.78, 5) is 2.45. The first kappa shape index (κ1) is 11.8. The molecule has 1 atom stereocenters. The Morgan fingerprint density at radius 1 is 1.15 bits per heavy atom. The van der Waals surface area contributed by atoms with Gasteiger partial charge >= 0.3 is 0 Å². The fraction of sp³-hybridized carbons (Fsp3) is 0.294. The second kappa shape index (κ2) is 4.00. The van der Waals surface area contributed by atoms with Gasteiger partial charge < -0.3 is 11.5 Å². The maximum absolute atomic E-state index is 6.24. The van der Waals surface area contributed by atoms with Gasteiger partial charge in [-0.25, -0.2) is 0 Å². The molecule has 1 aliphatic heterocycles. The van der Waals surface area contributed by atoms with Gasteiger partial charge in [0.05, 0.1) is 0 Å². The Kier molecular flexibility index (Phi) is 2.36. The molecule has 3 nitrogen and oxygen atoms in total. The summed E-state index contributed by atoms with van der Waals surface area (Å²) in [6, 6.07) is 10.9. The van der Waals surface area contributed by atoms with Crippen LogP contribution in [0.1, 0.15) is 22.7 Å². The third-order valence-electron chi connectivity index (χ3n) is 4.75. The molecule has 0 fully saturated rings. The maximum atomic E-state index is 6.24. The third-order valence-corrected chi connectivity index (χ3v) is 4.75. The van der Waals surface area contributed by atoms with Gasteiger partial charge in [-0.05, 0) is 60.3 Å². The molecule has 1 heterocycles. The topological polar surface area (TPSA) is 55.3 Å². The molecule has 0 spiro atoms. The number of benzene rings is 2. The van der Waals surface area contributed by atoms with Crippen molar-refractivity contribution >= 4 is 11.4 Å². The fourth-order valence-electron chi connectivity index (χ4n) is 3.80. The van der Waals surface area contributed by atoms with Gasteiger partial charge in [-0.15, -0.1) is 0 Å². The van der Waals surface area contributed by atoms with E-state index in [0.717, 1.165) is 30.8 Å². The predicted molar refractivity (Wildman–Crippen MR) is 83.5 cm³/mol. The number of anilines is 2. The number of nitrogens with two attached hydrogens (primary N) is 2. The van der Waals surface area contributed by atoms with E-state index in [2.05, 4.69) is 36.2 Å². The predicted octanol–water partition coefficient (Wildman–Crippen LogP) is 2.60. The smallest absolute Gasteiger partial charge is 0.0396 e. The van der Waals surface area contributed by atoms with Crippen molar-refractivity contribution in [1.29, 1.82) is 0 Å². The molecule has 0 unspecified atom stereocenters. The monoisotopic (exact) mass is 265 g/mol. The van der Waals surface area contributed by atoms with E-state index in [0.29, 0.717) is 6.04 Å². The van der Waals surface area contributed by atoms with Crippen molar-refractivity contribution in [2.24, 2.45) is 0 Å². The summed E-state index contributed by atoms with van der Waals surface area (Å²) in [6.45, 7) is 1.10. The number of nitrogen functional groups attached to an aromatic ring is 2. The normalized spacial score (nSPS) is 20.4. The van der Waals surface area contributed by atoms with Gasteiger partial charge in [0.2, 0.25) is 0 Å². The van der Waals surface area contributed by atoms with E-state index >= 15 is 0 Å². The van der Waals surface area contributed by atoms with Crippen molar-refractivity contribution in [2.75, 3.05) is 25.1 Å². The van der Waals surface area contributed by atoms with E-state index in [-0.39, 0.29) is 0 Å². The Bertz CT molecular complexity index is 706. The molecule has 0 saturated heterocycles. The van der Waals surface area contributed by atoms with Crippen LogP contribution in [0.2, 0.25) is 0 Å². The van der Waals surface area contributed by atoms with Crippen LogP contribution in [0.15, 0.2) is 30.3 Å². The Morgan fingerprint density at radius 3 is 2.85 bits per heavy atom. The van der Waals surface area contributed by atoms with Crippen LogP contribution in [0.25, 0.3) is 11.1 Å². The largest absolute Gasteiger partial charge is 0.399 e. The van der Waals surface area contributed by atoms with Gasteiger partial charge in [0, 0.05) is 29.5 Å². The van der Waals surface area contributed by atoms with Crippen LogP contribution in [0.3, 0.4) is 0 Å². The summed E-state index contributed by atoms with van der Waals surface area (Å²) in [5, 5.41) is 0. The lowest BCUT2D eigenvalue weighted by Crippen LogP contribution is -2.35. The van der Waals surface area contributed by atoms with Crippen molar-refractivity contribution in [1.82, 2.24) is 4.90 Å². The molecular formula is C17H19N3. The molecule has 0 amide bonds. The third kappa shape index (κ3) is 1.50. The second-order valence-corrected chi connectivity index (χ2v) is 5.97. The van der Waals surface area contributed by atoms with E-state index in [1.165, 1.54) is 27.8 Å². The van der Waals surface area contributed by atoms with Gasteiger partial charge in [-0.2, -0.15) is 0 Å². The number of hydrogen-bond acceptors (Lipinski definition) is 3. The first-order chi connectivity index (χ1) is 9.65. The van der Waals surface area contributed by atoms with Crippen LogP contribution in [-0.4, -0.2) is 18.5 Å². The van der Waals surface area contributed by atoms with Gasteiger partial charge in [0.1, 0.15) is 0 Å². The highest BCUT2D eigenvalue weighted by atomic mass is 15.1. The molecule has 0 saturated carbocycles. The minimum Gasteiger partial charge on any atom is -0.399 e. The molecule has 2 aliphatic rings. The van der Waals surface area contributed by atoms with Crippen LogP contribution in [0.4, 0.5) is 11.4 Å². The number of nitrogens with zero attached hydrogens (tertiary/aromatic N) is 1. The fourth-order valence-corrected chi connectivity index (χ4v) is 3.80. The van der Waals surface area contributed by atoms with Crippen molar-refractivity contribution in [2.45, 2.75) is 18.9 Å². The zero-order chi connectivity index (χ0) is 13.9. The highest BCUT2D eigenvalue weighted by Crippen LogP contribution is 2.47. The van der Waals surface area contributed by atoms with Crippen LogP contribution < -0.4 is 11.5 Å². The highest BCUT2D eigenvalue weighted by Gasteiger charge is 2.33. The molecule has 4 rings (SSSR count). The first-order valence-electron chi connectivity index (χ1n) is 7.15. The molecule has 3 heteroatoms. The Morgan fingerprint density at radius 2 is 2.00 bits per heavy atom. The average molecular weight is 265 g/mol. The van der Waals surface area contributed by atoms with Gasteiger partial charge in [-0.1, -0.05) is 12.1 Å². The number of hydrogen-bond donors (Lipinski definition) is 2. The summed E-state index contributed by atoms with van der Waals surface area (Å²) in [5.74, 6) is 0. The van der Waals surface area contributed by atoms with Gasteiger partial charge in [0.15, 0.2) is 0 Å². The summed E-state index contributed by atoms with van der Waals surface area (Å²) in [5.41, 5.74) is 20.7. The second-order valence-electron chi connectivity index (χ2n) is 5.97. The van der Waals surface area contributed by atoms with E-state index in [9.17, 15) is 0 Å². The molecule has 2 aromatic rings. The van der Waals surface area contributed by atoms with E-state index < -0.39 is 0 Å². The Balaban J connectivity index is 2.07. The molecule has 4 N–H and O–H groups in total. The first-order valence-corrected chi connectivity index (χ1v) is 7.15. The molecule has 0 bridgehead atoms. The van der Waals surface area contributed by atoms with Gasteiger partial charge in [0.25, 0.3) is 0 Å². The van der Waals surface area contributed by atoms with Crippen molar-refractivity contribution < 1.29 is 0 Å². The van der Waals surface area contributed by atoms with Crippen molar-refractivity contribution in [3.05, 3.63) is 47.0 Å². The summed E-state index contributed by atoms with van der Waals surface area (Å²) >= 11 is 0. The van der Waals surface area contributed by atoms with Crippen molar-refractivity contribution in [3.8, 4) is 11.1 Å². The Hall–Kier alpha value is -2.00. The molecule has 1 aliphatic carbocycles. The lowest BCUT2D eigenvalue weighted by molar-refractivity contribution is 0.228. The van der Waals surface area contributed by atoms with E-state index in [1.807, 2.05) is 6.07 Å². The van der Waals surface area contributed by atoms with E-state index in [1.54, 1.807) is 0 Å². The lowest BCUT2D eigenvalue weighted by atomic mass is 9.76. The SMILES string of the molecule is CN1CCc2cc(N)cc3c2[C@H]1Cc1cccc(N)c1-3. The summed E-state index contributed by atoms with van der Waals surface area (Å²) < 4.78 is 0. The minimum atomic E-state index is 0.462. The molecule has 102 valence electrons. The van der Waals surface area contributed by atoms with Gasteiger partial charge in [-0.3, -0.25) is 4.90 Å². The summed E-state index contributed by atoms with van der Waals surface area (Å²) in [7, 11) is 2.21. The molecule has 0 radical (unpaired) electrons. The zero-order valence-corrected chi connectivity index (χ0v) is 11.7. The maximum Gasteiger partial charge on any atom is 0.0396 e. The Labute approximate surface area is 119 Å². The lowest BCUT2D eigenvalue weighted by Gasteiger charge is -2.40. The van der Waals surface area contributed by atoms with Crippen LogP contribution in [0.5, 0.6) is 0 Å².